The smallest absolute Gasteiger partial charge is 0.358 e. The van der Waals surface area contributed by atoms with Gasteiger partial charge in [-0.25, -0.2) is 9.48 Å². The highest BCUT2D eigenvalue weighted by Crippen LogP contribution is 2.28. The number of rotatable bonds is 13. The van der Waals surface area contributed by atoms with E-state index in [-0.39, 0.29) is 60.6 Å². The van der Waals surface area contributed by atoms with Gasteiger partial charge in [-0.2, -0.15) is 5.10 Å². The number of amides is 2. The fourth-order valence-electron chi connectivity index (χ4n) is 6.75. The standard InChI is InChI=1S/C37H48N4O6/c1-4-45-37(44)29-23-32(36(43)40(3)31-20-12-14-22-34(31)47-26-28-17-9-6-10-18-28)41(38-29)24-35(42)39(2)30-19-11-13-21-33(30)46-25-27-15-7-5-8-16-27/h5-10,15-18,23,30-31,33-34H,4,11-14,19-22,24-26H2,1-3H3/t30-,31-,33-,34-/m0/s1. The first-order valence-corrected chi connectivity index (χ1v) is 16.9. The molecule has 1 heterocycles. The van der Waals surface area contributed by atoms with Crippen molar-refractivity contribution in [2.24, 2.45) is 0 Å². The third kappa shape index (κ3) is 8.87. The molecule has 3 aromatic rings. The summed E-state index contributed by atoms with van der Waals surface area (Å²) in [5, 5.41) is 4.42. The van der Waals surface area contributed by atoms with Crippen LogP contribution in [0.25, 0.3) is 0 Å². The molecule has 0 aliphatic heterocycles. The van der Waals surface area contributed by atoms with Crippen molar-refractivity contribution in [3.8, 4) is 0 Å². The molecule has 2 saturated carbocycles. The molecule has 0 radical (unpaired) electrons. The Labute approximate surface area is 278 Å². The van der Waals surface area contributed by atoms with E-state index >= 15 is 0 Å². The molecule has 2 fully saturated rings. The maximum absolute atomic E-state index is 14.1. The molecule has 252 valence electrons. The maximum atomic E-state index is 14.1. The summed E-state index contributed by atoms with van der Waals surface area (Å²) in [4.78, 5) is 44.1. The fourth-order valence-corrected chi connectivity index (χ4v) is 6.75. The van der Waals surface area contributed by atoms with E-state index in [0.29, 0.717) is 13.2 Å². The minimum Gasteiger partial charge on any atom is -0.461 e. The third-order valence-electron chi connectivity index (χ3n) is 9.43. The number of likely N-dealkylation sites (N-methyl/N-ethyl adjacent to an activating group) is 2. The third-order valence-corrected chi connectivity index (χ3v) is 9.43. The zero-order chi connectivity index (χ0) is 33.2. The van der Waals surface area contributed by atoms with Crippen LogP contribution in [0.1, 0.15) is 90.4 Å². The zero-order valence-corrected chi connectivity index (χ0v) is 27.9. The van der Waals surface area contributed by atoms with Gasteiger partial charge >= 0.3 is 5.97 Å². The van der Waals surface area contributed by atoms with E-state index in [0.717, 1.165) is 62.5 Å². The van der Waals surface area contributed by atoms with Crippen LogP contribution < -0.4 is 0 Å². The van der Waals surface area contributed by atoms with Gasteiger partial charge in [0.15, 0.2) is 5.69 Å². The van der Waals surface area contributed by atoms with Crippen molar-refractivity contribution in [3.63, 3.8) is 0 Å². The largest absolute Gasteiger partial charge is 0.461 e. The summed E-state index contributed by atoms with van der Waals surface area (Å²) in [5.74, 6) is -1.15. The lowest BCUT2D eigenvalue weighted by Gasteiger charge is -2.38. The Bertz CT molecular complexity index is 1460. The molecule has 5 rings (SSSR count). The summed E-state index contributed by atoms with van der Waals surface area (Å²) in [5.41, 5.74) is 2.34. The first-order chi connectivity index (χ1) is 22.9. The normalized spacial score (nSPS) is 21.2. The molecule has 2 aromatic carbocycles. The number of nitrogens with zero attached hydrogens (tertiary/aromatic N) is 4. The molecule has 10 heteroatoms. The Morgan fingerprint density at radius 3 is 1.81 bits per heavy atom. The van der Waals surface area contributed by atoms with Crippen LogP contribution in [-0.2, 0) is 38.8 Å². The van der Waals surface area contributed by atoms with Gasteiger partial charge in [-0.15, -0.1) is 0 Å². The maximum Gasteiger partial charge on any atom is 0.358 e. The second-order valence-corrected chi connectivity index (χ2v) is 12.6. The van der Waals surface area contributed by atoms with Crippen molar-refractivity contribution in [2.45, 2.75) is 102 Å². The van der Waals surface area contributed by atoms with Gasteiger partial charge in [-0.05, 0) is 43.7 Å². The summed E-state index contributed by atoms with van der Waals surface area (Å²) in [7, 11) is 3.56. The molecular weight excluding hydrogens is 596 g/mol. The predicted octanol–water partition coefficient (Wildman–Crippen LogP) is 5.65. The Morgan fingerprint density at radius 2 is 1.28 bits per heavy atom. The van der Waals surface area contributed by atoms with E-state index in [1.54, 1.807) is 30.8 Å². The van der Waals surface area contributed by atoms with E-state index in [1.165, 1.54) is 10.7 Å². The van der Waals surface area contributed by atoms with Crippen LogP contribution in [0.5, 0.6) is 0 Å². The van der Waals surface area contributed by atoms with Crippen LogP contribution in [-0.4, -0.2) is 82.4 Å². The lowest BCUT2D eigenvalue weighted by atomic mass is 9.91. The minimum atomic E-state index is -0.632. The van der Waals surface area contributed by atoms with E-state index in [9.17, 15) is 14.4 Å². The van der Waals surface area contributed by atoms with Crippen LogP contribution in [0.15, 0.2) is 66.7 Å². The quantitative estimate of drug-likeness (QED) is 0.222. The van der Waals surface area contributed by atoms with E-state index in [4.69, 9.17) is 14.2 Å². The molecule has 2 aliphatic carbocycles. The van der Waals surface area contributed by atoms with Crippen LogP contribution in [0.2, 0.25) is 0 Å². The fraction of sp³-hybridized carbons (Fsp3) is 0.514. The van der Waals surface area contributed by atoms with Crippen LogP contribution in [0.4, 0.5) is 0 Å². The first-order valence-electron chi connectivity index (χ1n) is 16.9. The van der Waals surface area contributed by atoms with Gasteiger partial charge < -0.3 is 24.0 Å². The Balaban J connectivity index is 1.31. The van der Waals surface area contributed by atoms with Crippen molar-refractivity contribution < 1.29 is 28.6 Å². The second-order valence-electron chi connectivity index (χ2n) is 12.6. The molecule has 2 aliphatic rings. The summed E-state index contributed by atoms with van der Waals surface area (Å²) >= 11 is 0. The zero-order valence-electron chi connectivity index (χ0n) is 27.9. The van der Waals surface area contributed by atoms with Crippen LogP contribution in [0.3, 0.4) is 0 Å². The second kappa shape index (κ2) is 16.7. The lowest BCUT2D eigenvalue weighted by molar-refractivity contribution is -0.138. The molecule has 0 spiro atoms. The van der Waals surface area contributed by atoms with E-state index in [1.807, 2.05) is 60.7 Å². The van der Waals surface area contributed by atoms with Crippen LogP contribution >= 0.6 is 0 Å². The predicted molar refractivity (Wildman–Crippen MR) is 178 cm³/mol. The highest BCUT2D eigenvalue weighted by Gasteiger charge is 2.36. The number of hydrogen-bond donors (Lipinski definition) is 0. The summed E-state index contributed by atoms with van der Waals surface area (Å²) in [6, 6.07) is 21.2. The van der Waals surface area contributed by atoms with Gasteiger partial charge in [0, 0.05) is 20.2 Å². The number of hydrogen-bond acceptors (Lipinski definition) is 7. The Hall–Kier alpha value is -4.02. The molecule has 1 aromatic heterocycles. The SMILES string of the molecule is CCOC(=O)c1cc(C(=O)N(C)[C@H]2CCCC[C@@H]2OCc2ccccc2)n(CC(=O)N(C)[C@H]2CCCC[C@@H]2OCc2ccccc2)n1. The van der Waals surface area contributed by atoms with Crippen molar-refractivity contribution in [3.05, 3.63) is 89.2 Å². The van der Waals surface area contributed by atoms with Crippen LogP contribution in [0, 0.1) is 0 Å². The lowest BCUT2D eigenvalue weighted by Crippen LogP contribution is -2.49. The van der Waals surface area contributed by atoms with Crippen molar-refractivity contribution in [1.29, 1.82) is 0 Å². The molecule has 0 unspecified atom stereocenters. The molecule has 0 bridgehead atoms. The number of ether oxygens (including phenoxy) is 3. The molecule has 10 nitrogen and oxygen atoms in total. The number of aromatic nitrogens is 2. The molecule has 47 heavy (non-hydrogen) atoms. The number of benzene rings is 2. The molecule has 0 saturated heterocycles. The first kappa shape index (κ1) is 34.3. The highest BCUT2D eigenvalue weighted by molar-refractivity contribution is 5.96. The number of esters is 1. The summed E-state index contributed by atoms with van der Waals surface area (Å²) in [6.07, 6.45) is 7.17. The number of carbonyl (C=O) groups is 3. The molecule has 0 N–H and O–H groups in total. The van der Waals surface area contributed by atoms with Gasteiger partial charge in [0.2, 0.25) is 5.91 Å². The topological polar surface area (TPSA) is 103 Å². The Morgan fingerprint density at radius 1 is 0.766 bits per heavy atom. The summed E-state index contributed by atoms with van der Waals surface area (Å²) in [6.45, 7) is 2.64. The molecule has 4 atom stereocenters. The Kier molecular flexibility index (Phi) is 12.2. The van der Waals surface area contributed by atoms with Gasteiger partial charge in [0.25, 0.3) is 5.91 Å². The van der Waals surface area contributed by atoms with Crippen molar-refractivity contribution >= 4 is 17.8 Å². The highest BCUT2D eigenvalue weighted by atomic mass is 16.5. The van der Waals surface area contributed by atoms with E-state index < -0.39 is 5.97 Å². The van der Waals surface area contributed by atoms with Gasteiger partial charge in [-0.1, -0.05) is 86.3 Å². The van der Waals surface area contributed by atoms with Gasteiger partial charge in [0.05, 0.1) is 44.1 Å². The van der Waals surface area contributed by atoms with Gasteiger partial charge in [-0.3, -0.25) is 9.59 Å². The average Bonchev–Trinajstić information content (AvgIpc) is 3.54. The van der Waals surface area contributed by atoms with E-state index in [2.05, 4.69) is 5.10 Å². The average molecular weight is 645 g/mol. The van der Waals surface area contributed by atoms with Gasteiger partial charge in [0.1, 0.15) is 12.2 Å². The molecule has 2 amide bonds. The monoisotopic (exact) mass is 644 g/mol. The molecular formula is C37H48N4O6. The van der Waals surface area contributed by atoms with Crippen molar-refractivity contribution in [2.75, 3.05) is 20.7 Å². The summed E-state index contributed by atoms with van der Waals surface area (Å²) < 4.78 is 19.2. The number of carbonyl (C=O) groups excluding carboxylic acids is 3. The van der Waals surface area contributed by atoms with Crippen molar-refractivity contribution in [1.82, 2.24) is 19.6 Å². The minimum absolute atomic E-state index is 0.00121.